The fourth-order valence-corrected chi connectivity index (χ4v) is 3.65. The molecule has 1 N–H and O–H groups in total. The van der Waals surface area contributed by atoms with Gasteiger partial charge < -0.3 is 5.11 Å². The Hall–Kier alpha value is -3.14. The van der Waals surface area contributed by atoms with Gasteiger partial charge in [-0.3, -0.25) is 0 Å². The van der Waals surface area contributed by atoms with Gasteiger partial charge in [0.25, 0.3) is 0 Å². The maximum Gasteiger partial charge on any atom is 0.146 e. The zero-order chi connectivity index (χ0) is 21.5. The molecule has 0 fully saturated rings. The van der Waals surface area contributed by atoms with Crippen molar-refractivity contribution < 1.29 is 5.11 Å². The number of hydrogen-bond donors (Lipinski definition) is 1. The molecular formula is C26H29N3O. The Labute approximate surface area is 178 Å². The van der Waals surface area contributed by atoms with Gasteiger partial charge in [-0.25, -0.2) is 0 Å². The summed E-state index contributed by atoms with van der Waals surface area (Å²) in [6, 6.07) is 20.5. The van der Waals surface area contributed by atoms with E-state index in [0.29, 0.717) is 18.0 Å². The van der Waals surface area contributed by atoms with E-state index in [4.69, 9.17) is 0 Å². The number of benzene rings is 3. The van der Waals surface area contributed by atoms with Crippen molar-refractivity contribution in [1.82, 2.24) is 15.0 Å². The van der Waals surface area contributed by atoms with Gasteiger partial charge >= 0.3 is 0 Å². The number of nitrogens with zero attached hydrogens (tertiary/aromatic N) is 3. The first-order valence-corrected chi connectivity index (χ1v) is 10.5. The number of aromatic nitrogens is 3. The number of phenolic OH excluding ortho intramolecular Hbond substituents is 1. The second kappa shape index (κ2) is 7.60. The molecule has 4 aromatic rings. The zero-order valence-electron chi connectivity index (χ0n) is 18.3. The van der Waals surface area contributed by atoms with Gasteiger partial charge in [-0.1, -0.05) is 77.1 Å². The molecule has 1 aromatic heterocycles. The SMILES string of the molecule is CC(C)c1cccc(Cc2cc(C(C)(C)C)cc(-n3nc4ccccc4n3)c2O)c1. The predicted octanol–water partition coefficient (Wildman–Crippen LogP) is 6.14. The molecule has 0 saturated heterocycles. The lowest BCUT2D eigenvalue weighted by Crippen LogP contribution is -2.13. The minimum absolute atomic E-state index is 0.0659. The second-order valence-electron chi connectivity index (χ2n) is 9.31. The van der Waals surface area contributed by atoms with E-state index < -0.39 is 0 Å². The molecule has 30 heavy (non-hydrogen) atoms. The Kier molecular flexibility index (Phi) is 5.10. The quantitative estimate of drug-likeness (QED) is 0.448. The van der Waals surface area contributed by atoms with Gasteiger partial charge in [-0.2, -0.15) is 0 Å². The summed E-state index contributed by atoms with van der Waals surface area (Å²) < 4.78 is 0. The van der Waals surface area contributed by atoms with Crippen LogP contribution in [0, 0.1) is 0 Å². The summed E-state index contributed by atoms with van der Waals surface area (Å²) >= 11 is 0. The molecule has 154 valence electrons. The molecule has 0 atom stereocenters. The highest BCUT2D eigenvalue weighted by Crippen LogP contribution is 2.34. The van der Waals surface area contributed by atoms with Crippen molar-refractivity contribution in [2.45, 2.75) is 52.4 Å². The van der Waals surface area contributed by atoms with Gasteiger partial charge in [-0.05, 0) is 46.2 Å². The van der Waals surface area contributed by atoms with Crippen molar-refractivity contribution >= 4 is 11.0 Å². The van der Waals surface area contributed by atoms with Crippen LogP contribution in [0.25, 0.3) is 16.7 Å². The molecule has 0 aliphatic rings. The third kappa shape index (κ3) is 3.95. The molecule has 3 aromatic carbocycles. The number of phenols is 1. The molecule has 0 spiro atoms. The summed E-state index contributed by atoms with van der Waals surface area (Å²) in [7, 11) is 0. The third-order valence-corrected chi connectivity index (χ3v) is 5.55. The Bertz CT molecular complexity index is 1170. The smallest absolute Gasteiger partial charge is 0.146 e. The molecule has 0 unspecified atom stereocenters. The molecule has 1 heterocycles. The topological polar surface area (TPSA) is 50.9 Å². The first kappa shape index (κ1) is 20.1. The maximum atomic E-state index is 11.2. The first-order valence-electron chi connectivity index (χ1n) is 10.5. The van der Waals surface area contributed by atoms with Crippen LogP contribution in [0.1, 0.15) is 62.8 Å². The van der Waals surface area contributed by atoms with E-state index in [1.54, 1.807) is 4.80 Å². The lowest BCUT2D eigenvalue weighted by atomic mass is 9.84. The molecule has 0 radical (unpaired) electrons. The third-order valence-electron chi connectivity index (χ3n) is 5.55. The zero-order valence-corrected chi connectivity index (χ0v) is 18.3. The van der Waals surface area contributed by atoms with Crippen LogP contribution >= 0.6 is 0 Å². The van der Waals surface area contributed by atoms with E-state index >= 15 is 0 Å². The van der Waals surface area contributed by atoms with Crippen LogP contribution in [-0.4, -0.2) is 20.1 Å². The van der Waals surface area contributed by atoms with E-state index in [1.807, 2.05) is 30.3 Å². The van der Waals surface area contributed by atoms with E-state index in [1.165, 1.54) is 11.1 Å². The van der Waals surface area contributed by atoms with Crippen LogP contribution in [-0.2, 0) is 11.8 Å². The highest BCUT2D eigenvalue weighted by molar-refractivity contribution is 5.73. The average molecular weight is 400 g/mol. The van der Waals surface area contributed by atoms with Gasteiger partial charge in [0.2, 0.25) is 0 Å². The van der Waals surface area contributed by atoms with E-state index in [0.717, 1.165) is 22.2 Å². The summed E-state index contributed by atoms with van der Waals surface area (Å²) in [6.45, 7) is 10.9. The lowest BCUT2D eigenvalue weighted by Gasteiger charge is -2.22. The highest BCUT2D eigenvalue weighted by Gasteiger charge is 2.21. The molecule has 4 rings (SSSR count). The van der Waals surface area contributed by atoms with Crippen molar-refractivity contribution in [2.75, 3.05) is 0 Å². The Morgan fingerprint density at radius 3 is 2.17 bits per heavy atom. The fraction of sp³-hybridized carbons (Fsp3) is 0.308. The van der Waals surface area contributed by atoms with E-state index in [-0.39, 0.29) is 11.2 Å². The highest BCUT2D eigenvalue weighted by atomic mass is 16.3. The fourth-order valence-electron chi connectivity index (χ4n) is 3.65. The maximum absolute atomic E-state index is 11.2. The van der Waals surface area contributed by atoms with Crippen LogP contribution in [0.2, 0.25) is 0 Å². The minimum Gasteiger partial charge on any atom is -0.505 e. The van der Waals surface area contributed by atoms with Crippen LogP contribution in [0.3, 0.4) is 0 Å². The molecule has 0 amide bonds. The summed E-state index contributed by atoms with van der Waals surface area (Å²) in [6.07, 6.45) is 0.657. The summed E-state index contributed by atoms with van der Waals surface area (Å²) in [5, 5.41) is 20.4. The van der Waals surface area contributed by atoms with Gasteiger partial charge in [0, 0.05) is 12.0 Å². The Morgan fingerprint density at radius 2 is 1.57 bits per heavy atom. The average Bonchev–Trinajstić information content (AvgIpc) is 3.13. The largest absolute Gasteiger partial charge is 0.505 e. The van der Waals surface area contributed by atoms with Gasteiger partial charge in [0.15, 0.2) is 0 Å². The van der Waals surface area contributed by atoms with Gasteiger partial charge in [-0.15, -0.1) is 15.0 Å². The van der Waals surface area contributed by atoms with Crippen molar-refractivity contribution in [3.05, 3.63) is 82.9 Å². The molecule has 4 nitrogen and oxygen atoms in total. The standard InChI is InChI=1S/C26H29N3O/c1-17(2)19-10-8-9-18(13-19)14-20-15-21(26(3,4)5)16-24(25(20)30)29-27-22-11-6-7-12-23(22)28-29/h6-13,15-17,30H,14H2,1-5H3. The normalized spacial score (nSPS) is 12.1. The van der Waals surface area contributed by atoms with Gasteiger partial charge in [0.05, 0.1) is 0 Å². The molecule has 0 aliphatic carbocycles. The molecule has 4 heteroatoms. The van der Waals surface area contributed by atoms with Crippen LogP contribution in [0.15, 0.2) is 60.7 Å². The number of rotatable bonds is 4. The predicted molar refractivity (Wildman–Crippen MR) is 123 cm³/mol. The van der Waals surface area contributed by atoms with Crippen LogP contribution in [0.4, 0.5) is 0 Å². The van der Waals surface area contributed by atoms with Crippen molar-refractivity contribution in [2.24, 2.45) is 0 Å². The van der Waals surface area contributed by atoms with Crippen molar-refractivity contribution in [3.63, 3.8) is 0 Å². The molecule has 0 bridgehead atoms. The van der Waals surface area contributed by atoms with Crippen molar-refractivity contribution in [3.8, 4) is 11.4 Å². The number of aromatic hydroxyl groups is 1. The second-order valence-corrected chi connectivity index (χ2v) is 9.31. The summed E-state index contributed by atoms with van der Waals surface area (Å²) in [5.74, 6) is 0.703. The molecule has 0 saturated carbocycles. The van der Waals surface area contributed by atoms with E-state index in [9.17, 15) is 5.11 Å². The Morgan fingerprint density at radius 1 is 0.900 bits per heavy atom. The first-order chi connectivity index (χ1) is 14.2. The van der Waals surface area contributed by atoms with Crippen LogP contribution < -0.4 is 0 Å². The summed E-state index contributed by atoms with van der Waals surface area (Å²) in [4.78, 5) is 1.56. The Balaban J connectivity index is 1.84. The minimum atomic E-state index is -0.0659. The monoisotopic (exact) mass is 399 g/mol. The van der Waals surface area contributed by atoms with Crippen molar-refractivity contribution in [1.29, 1.82) is 0 Å². The summed E-state index contributed by atoms with van der Waals surface area (Å²) in [5.41, 5.74) is 6.70. The number of fused-ring (bicyclic) bond motifs is 1. The number of hydrogen-bond acceptors (Lipinski definition) is 3. The lowest BCUT2D eigenvalue weighted by molar-refractivity contribution is 0.460. The molecular weight excluding hydrogens is 370 g/mol. The molecule has 0 aliphatic heterocycles. The van der Waals surface area contributed by atoms with Gasteiger partial charge in [0.1, 0.15) is 22.5 Å². The van der Waals surface area contributed by atoms with Crippen LogP contribution in [0.5, 0.6) is 5.75 Å². The van der Waals surface area contributed by atoms with E-state index in [2.05, 4.69) is 75.1 Å².